The van der Waals surface area contributed by atoms with Gasteiger partial charge >= 0.3 is 0 Å². The molecule has 0 aliphatic heterocycles. The van der Waals surface area contributed by atoms with E-state index in [2.05, 4.69) is 48.2 Å². The molecule has 0 saturated heterocycles. The van der Waals surface area contributed by atoms with Crippen molar-refractivity contribution in [1.29, 1.82) is 0 Å². The topological polar surface area (TPSA) is 53.2 Å². The molecule has 1 aromatic carbocycles. The van der Waals surface area contributed by atoms with Crippen LogP contribution in [0.15, 0.2) is 18.2 Å². The molecule has 0 spiro atoms. The van der Waals surface area contributed by atoms with E-state index in [0.29, 0.717) is 29.4 Å². The van der Waals surface area contributed by atoms with Crippen molar-refractivity contribution in [2.45, 2.75) is 64.8 Å². The van der Waals surface area contributed by atoms with Crippen molar-refractivity contribution in [2.24, 2.45) is 11.8 Å². The van der Waals surface area contributed by atoms with E-state index in [0.717, 1.165) is 18.4 Å². The number of aryl methyl sites for hydroxylation is 2. The molecule has 3 rings (SSSR count). The second-order valence-corrected chi connectivity index (χ2v) is 8.06. The third kappa shape index (κ3) is 4.72. The molecule has 136 valence electrons. The van der Waals surface area contributed by atoms with Gasteiger partial charge in [-0.25, -0.2) is 0 Å². The van der Waals surface area contributed by atoms with Crippen LogP contribution in [0.1, 0.15) is 56.2 Å². The Bertz CT molecular complexity index is 646. The maximum Gasteiger partial charge on any atom is 0.242 e. The second-order valence-electron chi connectivity index (χ2n) is 7.65. The Labute approximate surface area is 156 Å². The first kappa shape index (κ1) is 18.2. The number of fused-ring (bicyclic) bond motifs is 1. The largest absolute Gasteiger partial charge is 0.358 e. The van der Waals surface area contributed by atoms with Gasteiger partial charge in [-0.2, -0.15) is 0 Å². The molecule has 2 aliphatic carbocycles. The Hall–Kier alpha value is -1.62. The number of nitrogens with one attached hydrogen (secondary N) is 3. The van der Waals surface area contributed by atoms with Crippen molar-refractivity contribution >= 4 is 23.2 Å². The summed E-state index contributed by atoms with van der Waals surface area (Å²) in [6, 6.07) is 6.78. The van der Waals surface area contributed by atoms with Crippen LogP contribution in [0.3, 0.4) is 0 Å². The standard InChI is InChI=1S/C20H29N3OS/c1-13-5-3-8-18(14(13)2)21-20(25)23-22-19(24)12-15-9-10-16-6-4-7-17(16)11-15/h9-11,13-14,18H,3-8,12H2,1-2H3,(H,22,24)(H2,21,23,25)/t13-,14+,18+/m0/s1. The number of hydrazine groups is 1. The highest BCUT2D eigenvalue weighted by atomic mass is 32.1. The Kier molecular flexibility index (Phi) is 5.94. The van der Waals surface area contributed by atoms with E-state index in [1.54, 1.807) is 0 Å². The zero-order chi connectivity index (χ0) is 17.8. The first-order chi connectivity index (χ1) is 12.0. The number of carbonyl (C=O) groups is 1. The summed E-state index contributed by atoms with van der Waals surface area (Å²) < 4.78 is 0. The summed E-state index contributed by atoms with van der Waals surface area (Å²) in [7, 11) is 0. The average Bonchev–Trinajstić information content (AvgIpc) is 3.05. The highest BCUT2D eigenvalue weighted by molar-refractivity contribution is 7.80. The summed E-state index contributed by atoms with van der Waals surface area (Å²) in [5.74, 6) is 1.24. The number of hydrogen-bond acceptors (Lipinski definition) is 2. The van der Waals surface area contributed by atoms with Crippen molar-refractivity contribution in [3.05, 3.63) is 34.9 Å². The monoisotopic (exact) mass is 359 g/mol. The summed E-state index contributed by atoms with van der Waals surface area (Å²) in [6.45, 7) is 4.57. The molecule has 0 radical (unpaired) electrons. The smallest absolute Gasteiger partial charge is 0.242 e. The maximum absolute atomic E-state index is 12.2. The summed E-state index contributed by atoms with van der Waals surface area (Å²) in [4.78, 5) is 12.2. The van der Waals surface area contributed by atoms with Crippen LogP contribution >= 0.6 is 12.2 Å². The molecule has 1 amide bonds. The fourth-order valence-electron chi connectivity index (χ4n) is 4.08. The van der Waals surface area contributed by atoms with Gasteiger partial charge in [0.15, 0.2) is 5.11 Å². The number of thiocarbonyl (C=S) groups is 1. The molecule has 1 aromatic rings. The summed E-state index contributed by atoms with van der Waals surface area (Å²) in [5, 5.41) is 3.87. The minimum atomic E-state index is -0.0628. The van der Waals surface area contributed by atoms with Crippen LogP contribution in [-0.2, 0) is 24.1 Å². The SMILES string of the molecule is C[C@@H]1[C@@H](C)CCC[C@H]1NC(=S)NNC(=O)Cc1ccc2c(c1)CCC2. The minimum Gasteiger partial charge on any atom is -0.358 e. The number of hydrogen-bond donors (Lipinski definition) is 3. The maximum atomic E-state index is 12.2. The molecule has 3 atom stereocenters. The van der Waals surface area contributed by atoms with Gasteiger partial charge in [-0.15, -0.1) is 0 Å². The number of amides is 1. The number of benzene rings is 1. The van der Waals surface area contributed by atoms with E-state index in [4.69, 9.17) is 12.2 Å². The minimum absolute atomic E-state index is 0.0628. The van der Waals surface area contributed by atoms with Crippen molar-refractivity contribution in [1.82, 2.24) is 16.2 Å². The number of carbonyl (C=O) groups excluding carboxylic acids is 1. The summed E-state index contributed by atoms with van der Waals surface area (Å²) in [5.41, 5.74) is 9.48. The highest BCUT2D eigenvalue weighted by Gasteiger charge is 2.27. The third-order valence-corrected chi connectivity index (χ3v) is 6.09. The van der Waals surface area contributed by atoms with Gasteiger partial charge in [-0.3, -0.25) is 15.6 Å². The molecule has 2 aliphatic rings. The molecular formula is C20H29N3OS. The molecule has 3 N–H and O–H groups in total. The van der Waals surface area contributed by atoms with Gasteiger partial charge in [0.2, 0.25) is 5.91 Å². The molecule has 4 nitrogen and oxygen atoms in total. The van der Waals surface area contributed by atoms with Gasteiger partial charge in [-0.05, 0) is 66.4 Å². The molecule has 1 fully saturated rings. The fourth-order valence-corrected chi connectivity index (χ4v) is 4.28. The zero-order valence-electron chi connectivity index (χ0n) is 15.2. The molecule has 0 unspecified atom stereocenters. The van der Waals surface area contributed by atoms with E-state index < -0.39 is 0 Å². The van der Waals surface area contributed by atoms with Gasteiger partial charge in [0.25, 0.3) is 0 Å². The van der Waals surface area contributed by atoms with E-state index in [1.807, 2.05) is 0 Å². The highest BCUT2D eigenvalue weighted by Crippen LogP contribution is 2.29. The number of rotatable bonds is 3. The van der Waals surface area contributed by atoms with Gasteiger partial charge in [-0.1, -0.05) is 44.9 Å². The fraction of sp³-hybridized carbons (Fsp3) is 0.600. The molecule has 0 bridgehead atoms. The molecule has 5 heteroatoms. The van der Waals surface area contributed by atoms with Crippen molar-refractivity contribution in [2.75, 3.05) is 0 Å². The lowest BCUT2D eigenvalue weighted by atomic mass is 9.78. The molecule has 1 saturated carbocycles. The average molecular weight is 360 g/mol. The lowest BCUT2D eigenvalue weighted by molar-refractivity contribution is -0.121. The van der Waals surface area contributed by atoms with Crippen LogP contribution < -0.4 is 16.2 Å². The predicted octanol–water partition coefficient (Wildman–Crippen LogP) is 3.04. The van der Waals surface area contributed by atoms with E-state index >= 15 is 0 Å². The second kappa shape index (κ2) is 8.17. The van der Waals surface area contributed by atoms with Gasteiger partial charge in [0, 0.05) is 6.04 Å². The normalized spacial score (nSPS) is 25.1. The van der Waals surface area contributed by atoms with Crippen molar-refractivity contribution in [3.8, 4) is 0 Å². The van der Waals surface area contributed by atoms with Crippen LogP contribution in [0.5, 0.6) is 0 Å². The Morgan fingerprint density at radius 1 is 1.12 bits per heavy atom. The van der Waals surface area contributed by atoms with Crippen LogP contribution in [0.2, 0.25) is 0 Å². The lowest BCUT2D eigenvalue weighted by Gasteiger charge is -2.35. The van der Waals surface area contributed by atoms with Crippen LogP contribution in [0, 0.1) is 11.8 Å². The van der Waals surface area contributed by atoms with Gasteiger partial charge in [0.05, 0.1) is 6.42 Å². The summed E-state index contributed by atoms with van der Waals surface area (Å²) >= 11 is 5.34. The van der Waals surface area contributed by atoms with Crippen molar-refractivity contribution < 1.29 is 4.79 Å². The van der Waals surface area contributed by atoms with Crippen LogP contribution in [0.25, 0.3) is 0 Å². The molecular weight excluding hydrogens is 330 g/mol. The molecule has 0 aromatic heterocycles. The van der Waals surface area contributed by atoms with Crippen LogP contribution in [-0.4, -0.2) is 17.1 Å². The van der Waals surface area contributed by atoms with E-state index in [9.17, 15) is 4.79 Å². The Morgan fingerprint density at radius 3 is 2.76 bits per heavy atom. The summed E-state index contributed by atoms with van der Waals surface area (Å²) in [6.07, 6.45) is 7.56. The van der Waals surface area contributed by atoms with Crippen molar-refractivity contribution in [3.63, 3.8) is 0 Å². The van der Waals surface area contributed by atoms with E-state index in [1.165, 1.54) is 36.8 Å². The predicted molar refractivity (Wildman–Crippen MR) is 105 cm³/mol. The molecule has 0 heterocycles. The molecule has 25 heavy (non-hydrogen) atoms. The van der Waals surface area contributed by atoms with Gasteiger partial charge in [0.1, 0.15) is 0 Å². The zero-order valence-corrected chi connectivity index (χ0v) is 16.0. The van der Waals surface area contributed by atoms with E-state index in [-0.39, 0.29) is 5.91 Å². The quantitative estimate of drug-likeness (QED) is 0.574. The third-order valence-electron chi connectivity index (χ3n) is 5.87. The Morgan fingerprint density at radius 2 is 1.92 bits per heavy atom. The first-order valence-corrected chi connectivity index (χ1v) is 9.90. The van der Waals surface area contributed by atoms with Gasteiger partial charge < -0.3 is 5.32 Å². The van der Waals surface area contributed by atoms with Crippen LogP contribution in [0.4, 0.5) is 0 Å². The lowest BCUT2D eigenvalue weighted by Crippen LogP contribution is -2.52. The first-order valence-electron chi connectivity index (χ1n) is 9.49. The Balaban J connectivity index is 1.43.